The molecule has 29 heavy (non-hydrogen) atoms. The standard InChI is InChI=1S/C19H29Cl2NO6Si/c1-6-27-17(23)11-14(13(2)22(24)25)18-16(8-7-15(20)19(18)21)28-12-26-9-10-29(3,4)5/h7-8,13-14H,6,9-12H2,1-5H3/t13-,14-/m0/s1. The first-order valence-corrected chi connectivity index (χ1v) is 13.9. The lowest BCUT2D eigenvalue weighted by molar-refractivity contribution is -0.522. The Morgan fingerprint density at radius 2 is 1.93 bits per heavy atom. The number of hydrogen-bond donors (Lipinski definition) is 0. The molecule has 0 saturated carbocycles. The molecule has 0 radical (unpaired) electrons. The highest BCUT2D eigenvalue weighted by atomic mass is 35.5. The summed E-state index contributed by atoms with van der Waals surface area (Å²) < 4.78 is 16.3. The average Bonchev–Trinajstić information content (AvgIpc) is 2.61. The summed E-state index contributed by atoms with van der Waals surface area (Å²) in [6.45, 7) is 10.5. The van der Waals surface area contributed by atoms with Gasteiger partial charge in [0.2, 0.25) is 6.04 Å². The summed E-state index contributed by atoms with van der Waals surface area (Å²) in [6, 6.07) is 3.00. The lowest BCUT2D eigenvalue weighted by Crippen LogP contribution is -2.28. The zero-order chi connectivity index (χ0) is 22.2. The number of hydrogen-bond acceptors (Lipinski definition) is 6. The highest BCUT2D eigenvalue weighted by Crippen LogP contribution is 2.41. The van der Waals surface area contributed by atoms with Crippen LogP contribution in [-0.2, 0) is 14.3 Å². The number of esters is 1. The van der Waals surface area contributed by atoms with E-state index < -0.39 is 30.9 Å². The Bertz CT molecular complexity index is 711. The molecule has 0 fully saturated rings. The van der Waals surface area contributed by atoms with Gasteiger partial charge >= 0.3 is 5.97 Å². The quantitative estimate of drug-likeness (QED) is 0.103. The second-order valence-electron chi connectivity index (χ2n) is 7.90. The number of carbonyl (C=O) groups excluding carboxylic acids is 1. The molecular weight excluding hydrogens is 437 g/mol. The van der Waals surface area contributed by atoms with Crippen LogP contribution in [0.15, 0.2) is 12.1 Å². The summed E-state index contributed by atoms with van der Waals surface area (Å²) >= 11 is 12.5. The van der Waals surface area contributed by atoms with Crippen LogP contribution in [0.4, 0.5) is 0 Å². The van der Waals surface area contributed by atoms with Gasteiger partial charge in [0, 0.05) is 32.1 Å². The van der Waals surface area contributed by atoms with Crippen LogP contribution >= 0.6 is 23.2 Å². The van der Waals surface area contributed by atoms with Crippen LogP contribution < -0.4 is 4.74 Å². The van der Waals surface area contributed by atoms with Gasteiger partial charge in [-0.15, -0.1) is 0 Å². The number of rotatable bonds is 12. The maximum absolute atomic E-state index is 12.1. The Kier molecular flexibility index (Phi) is 10.4. The van der Waals surface area contributed by atoms with Gasteiger partial charge in [-0.2, -0.15) is 0 Å². The van der Waals surface area contributed by atoms with Crippen LogP contribution in [0.5, 0.6) is 5.75 Å². The van der Waals surface area contributed by atoms with E-state index in [2.05, 4.69) is 19.6 Å². The van der Waals surface area contributed by atoms with Gasteiger partial charge in [-0.1, -0.05) is 42.8 Å². The lowest BCUT2D eigenvalue weighted by atomic mass is 9.89. The van der Waals surface area contributed by atoms with Crippen LogP contribution in [0, 0.1) is 10.1 Å². The van der Waals surface area contributed by atoms with Crippen molar-refractivity contribution in [1.29, 1.82) is 0 Å². The first kappa shape index (κ1) is 25.7. The fraction of sp³-hybridized carbons (Fsp3) is 0.632. The molecule has 164 valence electrons. The van der Waals surface area contributed by atoms with E-state index >= 15 is 0 Å². The van der Waals surface area contributed by atoms with E-state index in [9.17, 15) is 14.9 Å². The van der Waals surface area contributed by atoms with Gasteiger partial charge in [0.15, 0.2) is 6.79 Å². The second-order valence-corrected chi connectivity index (χ2v) is 14.3. The molecule has 0 aliphatic rings. The Hall–Kier alpha value is -1.35. The van der Waals surface area contributed by atoms with Crippen molar-refractivity contribution in [3.05, 3.63) is 37.9 Å². The topological polar surface area (TPSA) is 87.9 Å². The van der Waals surface area contributed by atoms with Crippen LogP contribution in [0.3, 0.4) is 0 Å². The maximum Gasteiger partial charge on any atom is 0.306 e. The largest absolute Gasteiger partial charge is 0.467 e. The number of halogens is 2. The van der Waals surface area contributed by atoms with E-state index in [1.807, 2.05) is 0 Å². The number of ether oxygens (including phenoxy) is 3. The van der Waals surface area contributed by atoms with Gasteiger partial charge in [-0.05, 0) is 25.1 Å². The summed E-state index contributed by atoms with van der Waals surface area (Å²) in [5.41, 5.74) is 0.310. The van der Waals surface area contributed by atoms with Crippen LogP contribution in [0.25, 0.3) is 0 Å². The average molecular weight is 466 g/mol. The first-order valence-electron chi connectivity index (χ1n) is 9.45. The van der Waals surface area contributed by atoms with E-state index in [-0.39, 0.29) is 29.9 Å². The zero-order valence-corrected chi connectivity index (χ0v) is 20.0. The molecule has 7 nitrogen and oxygen atoms in total. The number of nitro groups is 1. The third-order valence-corrected chi connectivity index (χ3v) is 6.89. The Labute approximate surface area is 182 Å². The molecule has 0 unspecified atom stereocenters. The summed E-state index contributed by atoms with van der Waals surface area (Å²) in [6.07, 6.45) is -0.219. The van der Waals surface area contributed by atoms with E-state index in [1.165, 1.54) is 6.92 Å². The van der Waals surface area contributed by atoms with Crippen molar-refractivity contribution >= 4 is 37.2 Å². The van der Waals surface area contributed by atoms with Gasteiger partial charge in [0.05, 0.1) is 29.0 Å². The van der Waals surface area contributed by atoms with E-state index in [0.717, 1.165) is 6.04 Å². The molecule has 0 N–H and O–H groups in total. The molecule has 0 heterocycles. The number of nitrogens with zero attached hydrogens (tertiary/aromatic N) is 1. The van der Waals surface area contributed by atoms with Gasteiger partial charge in [-0.3, -0.25) is 14.9 Å². The van der Waals surface area contributed by atoms with Crippen LogP contribution in [0.1, 0.15) is 31.7 Å². The minimum Gasteiger partial charge on any atom is -0.467 e. The molecule has 0 saturated heterocycles. The molecule has 0 spiro atoms. The Morgan fingerprint density at radius 1 is 1.28 bits per heavy atom. The Balaban J connectivity index is 3.11. The molecule has 0 aliphatic heterocycles. The van der Waals surface area contributed by atoms with Crippen molar-refractivity contribution in [2.75, 3.05) is 20.0 Å². The molecule has 0 amide bonds. The summed E-state index contributed by atoms with van der Waals surface area (Å²) in [5, 5.41) is 11.8. The van der Waals surface area contributed by atoms with E-state index in [0.29, 0.717) is 17.9 Å². The molecule has 0 bridgehead atoms. The third kappa shape index (κ3) is 8.50. The van der Waals surface area contributed by atoms with Crippen molar-refractivity contribution in [2.45, 2.75) is 57.9 Å². The predicted octanol–water partition coefficient (Wildman–Crippen LogP) is 5.39. The summed E-state index contributed by atoms with van der Waals surface area (Å²) in [5.74, 6) is -1.12. The van der Waals surface area contributed by atoms with E-state index in [1.54, 1.807) is 19.1 Å². The number of benzene rings is 1. The molecule has 1 aromatic rings. The summed E-state index contributed by atoms with van der Waals surface area (Å²) in [7, 11) is -1.23. The third-order valence-electron chi connectivity index (χ3n) is 4.36. The van der Waals surface area contributed by atoms with Gasteiger partial charge in [0.1, 0.15) is 5.75 Å². The molecule has 0 aliphatic carbocycles. The first-order chi connectivity index (χ1) is 13.5. The molecular formula is C19H29Cl2NO6Si. The smallest absolute Gasteiger partial charge is 0.306 e. The molecule has 10 heteroatoms. The minimum atomic E-state index is -1.23. The second kappa shape index (κ2) is 11.7. The van der Waals surface area contributed by atoms with Gasteiger partial charge < -0.3 is 14.2 Å². The maximum atomic E-state index is 12.1. The van der Waals surface area contributed by atoms with Crippen molar-refractivity contribution < 1.29 is 23.9 Å². The molecule has 2 atom stereocenters. The Morgan fingerprint density at radius 3 is 2.48 bits per heavy atom. The molecule has 1 rings (SSSR count). The fourth-order valence-corrected chi connectivity index (χ4v) is 3.84. The van der Waals surface area contributed by atoms with Crippen molar-refractivity contribution in [3.8, 4) is 5.75 Å². The SMILES string of the molecule is CCOC(=O)C[C@H](c1c(OCOCC[Si](C)(C)C)ccc(Cl)c1Cl)[C@H](C)[N+](=O)[O-]. The fourth-order valence-electron chi connectivity index (χ4n) is 2.62. The van der Waals surface area contributed by atoms with Crippen molar-refractivity contribution in [3.63, 3.8) is 0 Å². The highest BCUT2D eigenvalue weighted by molar-refractivity contribution is 6.76. The lowest BCUT2D eigenvalue weighted by Gasteiger charge is -2.23. The molecule has 1 aromatic carbocycles. The van der Waals surface area contributed by atoms with Crippen molar-refractivity contribution in [1.82, 2.24) is 0 Å². The van der Waals surface area contributed by atoms with Gasteiger partial charge in [0.25, 0.3) is 0 Å². The van der Waals surface area contributed by atoms with E-state index in [4.69, 9.17) is 37.4 Å². The van der Waals surface area contributed by atoms with Gasteiger partial charge in [-0.25, -0.2) is 0 Å². The van der Waals surface area contributed by atoms with Crippen LogP contribution in [-0.4, -0.2) is 45.0 Å². The monoisotopic (exact) mass is 465 g/mol. The predicted molar refractivity (Wildman–Crippen MR) is 117 cm³/mol. The summed E-state index contributed by atoms with van der Waals surface area (Å²) in [4.78, 5) is 23.1. The minimum absolute atomic E-state index is 0.0333. The van der Waals surface area contributed by atoms with Crippen LogP contribution in [0.2, 0.25) is 35.7 Å². The van der Waals surface area contributed by atoms with Crippen molar-refractivity contribution in [2.24, 2.45) is 0 Å². The normalized spacial score (nSPS) is 13.6. The zero-order valence-electron chi connectivity index (χ0n) is 17.5. The number of carbonyl (C=O) groups is 1. The molecule has 0 aromatic heterocycles. The highest BCUT2D eigenvalue weighted by Gasteiger charge is 2.35.